The average molecular weight is 700 g/mol. The lowest BCUT2D eigenvalue weighted by atomic mass is 9.88. The monoisotopic (exact) mass is 697 g/mol. The molecule has 1 aromatic heterocycles. The van der Waals surface area contributed by atoms with Crippen molar-refractivity contribution in [2.24, 2.45) is 5.10 Å². The SMILES string of the molecule is CCOc1cc(C=Nn2c(C3CCCCC3)nc3ccc(Br)cc3c2=O)c(Br)c(Br)c1O[C@H](C)C(=O)O. The van der Waals surface area contributed by atoms with Gasteiger partial charge in [0.2, 0.25) is 0 Å². The smallest absolute Gasteiger partial charge is 0.344 e. The Balaban J connectivity index is 1.83. The normalized spacial score (nSPS) is 15.3. The zero-order valence-electron chi connectivity index (χ0n) is 20.3. The molecule has 1 aliphatic rings. The van der Waals surface area contributed by atoms with Gasteiger partial charge in [0.15, 0.2) is 17.6 Å². The number of carboxylic acids is 1. The van der Waals surface area contributed by atoms with Gasteiger partial charge in [-0.25, -0.2) is 9.78 Å². The second-order valence-electron chi connectivity index (χ2n) is 8.78. The summed E-state index contributed by atoms with van der Waals surface area (Å²) < 4.78 is 14.6. The van der Waals surface area contributed by atoms with Gasteiger partial charge in [0.25, 0.3) is 5.56 Å². The summed E-state index contributed by atoms with van der Waals surface area (Å²) in [5.41, 5.74) is 1.02. The summed E-state index contributed by atoms with van der Waals surface area (Å²) in [6.45, 7) is 3.61. The lowest BCUT2D eigenvalue weighted by Gasteiger charge is -2.23. The molecule has 0 unspecified atom stereocenters. The molecule has 37 heavy (non-hydrogen) atoms. The molecule has 196 valence electrons. The third kappa shape index (κ3) is 6.09. The van der Waals surface area contributed by atoms with Gasteiger partial charge in [-0.2, -0.15) is 9.78 Å². The molecular formula is C26H26Br3N3O5. The van der Waals surface area contributed by atoms with E-state index in [9.17, 15) is 14.7 Å². The third-order valence-electron chi connectivity index (χ3n) is 6.21. The van der Waals surface area contributed by atoms with Crippen LogP contribution in [0.25, 0.3) is 10.9 Å². The highest BCUT2D eigenvalue weighted by Gasteiger charge is 2.24. The number of nitrogens with zero attached hydrogens (tertiary/aromatic N) is 3. The summed E-state index contributed by atoms with van der Waals surface area (Å²) in [7, 11) is 0. The van der Waals surface area contributed by atoms with Crippen LogP contribution in [0.1, 0.15) is 63.3 Å². The summed E-state index contributed by atoms with van der Waals surface area (Å²) >= 11 is 10.5. The van der Waals surface area contributed by atoms with E-state index in [0.29, 0.717) is 43.6 Å². The lowest BCUT2D eigenvalue weighted by molar-refractivity contribution is -0.144. The lowest BCUT2D eigenvalue weighted by Crippen LogP contribution is -2.25. The van der Waals surface area contributed by atoms with Crippen LogP contribution in [-0.4, -0.2) is 39.7 Å². The standard InChI is InChI=1S/C26H26Br3N3O5/c1-3-36-20-11-16(21(28)22(29)23(20)37-14(2)26(34)35)13-30-32-24(15-7-5-4-6-8-15)31-19-10-9-17(27)12-18(19)25(32)33/h9-15H,3-8H2,1-2H3,(H,34,35)/t14-/m1/s1. The van der Waals surface area contributed by atoms with Crippen molar-refractivity contribution in [1.82, 2.24) is 9.66 Å². The van der Waals surface area contributed by atoms with Gasteiger partial charge >= 0.3 is 5.97 Å². The molecular weight excluding hydrogens is 674 g/mol. The molecule has 0 bridgehead atoms. The fraction of sp³-hybridized carbons (Fsp3) is 0.385. The van der Waals surface area contributed by atoms with Crippen LogP contribution in [0, 0.1) is 0 Å². The van der Waals surface area contributed by atoms with Crippen molar-refractivity contribution in [3.8, 4) is 11.5 Å². The van der Waals surface area contributed by atoms with Crippen molar-refractivity contribution in [2.75, 3.05) is 6.61 Å². The van der Waals surface area contributed by atoms with E-state index in [1.54, 1.807) is 18.3 Å². The van der Waals surface area contributed by atoms with E-state index < -0.39 is 12.1 Å². The number of carbonyl (C=O) groups is 1. The zero-order valence-corrected chi connectivity index (χ0v) is 25.1. The van der Waals surface area contributed by atoms with Crippen LogP contribution in [0.5, 0.6) is 11.5 Å². The van der Waals surface area contributed by atoms with Crippen molar-refractivity contribution in [3.63, 3.8) is 0 Å². The molecule has 1 N–H and O–H groups in total. The maximum absolute atomic E-state index is 13.6. The first kappa shape index (κ1) is 27.8. The van der Waals surface area contributed by atoms with E-state index in [2.05, 4.69) is 52.9 Å². The molecule has 1 fully saturated rings. The highest BCUT2D eigenvalue weighted by Crippen LogP contribution is 2.43. The quantitative estimate of drug-likeness (QED) is 0.258. The number of fused-ring (bicyclic) bond motifs is 1. The number of rotatable bonds is 8. The number of aromatic nitrogens is 2. The predicted molar refractivity (Wildman–Crippen MR) is 153 cm³/mol. The van der Waals surface area contributed by atoms with Crippen LogP contribution in [-0.2, 0) is 4.79 Å². The van der Waals surface area contributed by atoms with Crippen LogP contribution in [0.3, 0.4) is 0 Å². The summed E-state index contributed by atoms with van der Waals surface area (Å²) in [6.07, 6.45) is 5.77. The van der Waals surface area contributed by atoms with Gasteiger partial charge in [-0.15, -0.1) is 0 Å². The number of carboxylic acid groups (broad SMARTS) is 1. The van der Waals surface area contributed by atoms with Crippen LogP contribution < -0.4 is 15.0 Å². The minimum Gasteiger partial charge on any atom is -0.490 e. The minimum absolute atomic E-state index is 0.147. The topological polar surface area (TPSA) is 103 Å². The van der Waals surface area contributed by atoms with Crippen molar-refractivity contribution in [2.45, 2.75) is 58.0 Å². The van der Waals surface area contributed by atoms with Crippen molar-refractivity contribution in [1.29, 1.82) is 0 Å². The molecule has 1 atom stereocenters. The van der Waals surface area contributed by atoms with Gasteiger partial charge < -0.3 is 14.6 Å². The van der Waals surface area contributed by atoms with Crippen LogP contribution in [0.2, 0.25) is 0 Å². The Morgan fingerprint density at radius 2 is 1.95 bits per heavy atom. The fourth-order valence-electron chi connectivity index (χ4n) is 4.32. The summed E-state index contributed by atoms with van der Waals surface area (Å²) in [4.78, 5) is 29.8. The van der Waals surface area contributed by atoms with E-state index in [4.69, 9.17) is 14.5 Å². The number of benzene rings is 2. The predicted octanol–water partition coefficient (Wildman–Crippen LogP) is 6.86. The molecule has 0 aliphatic heterocycles. The number of hydrogen-bond acceptors (Lipinski definition) is 6. The Morgan fingerprint density at radius 1 is 1.22 bits per heavy atom. The molecule has 0 radical (unpaired) electrons. The molecule has 0 spiro atoms. The molecule has 1 saturated carbocycles. The van der Waals surface area contributed by atoms with Crippen LogP contribution in [0.4, 0.5) is 0 Å². The van der Waals surface area contributed by atoms with E-state index >= 15 is 0 Å². The van der Waals surface area contributed by atoms with Crippen LogP contribution >= 0.6 is 47.8 Å². The highest BCUT2D eigenvalue weighted by atomic mass is 79.9. The van der Waals surface area contributed by atoms with Gasteiger partial charge in [-0.05, 0) is 82.8 Å². The van der Waals surface area contributed by atoms with E-state index in [0.717, 1.165) is 30.2 Å². The highest BCUT2D eigenvalue weighted by molar-refractivity contribution is 9.13. The molecule has 1 heterocycles. The fourth-order valence-corrected chi connectivity index (χ4v) is 5.60. The first-order valence-electron chi connectivity index (χ1n) is 12.0. The Bertz CT molecular complexity index is 1420. The number of halogens is 3. The minimum atomic E-state index is -1.10. The maximum Gasteiger partial charge on any atom is 0.344 e. The molecule has 0 saturated heterocycles. The van der Waals surface area contributed by atoms with E-state index in [-0.39, 0.29) is 17.2 Å². The molecule has 4 rings (SSSR count). The van der Waals surface area contributed by atoms with Gasteiger partial charge in [-0.3, -0.25) is 4.79 Å². The molecule has 0 amide bonds. The third-order valence-corrected chi connectivity index (χ3v) is 8.85. The Morgan fingerprint density at radius 3 is 2.62 bits per heavy atom. The van der Waals surface area contributed by atoms with Crippen LogP contribution in [0.15, 0.2) is 47.6 Å². The van der Waals surface area contributed by atoms with Crippen molar-refractivity contribution >= 4 is 70.9 Å². The largest absolute Gasteiger partial charge is 0.490 e. The Kier molecular flexibility index (Phi) is 9.07. The molecule has 1 aliphatic carbocycles. The average Bonchev–Trinajstić information content (AvgIpc) is 2.89. The summed E-state index contributed by atoms with van der Waals surface area (Å²) in [5.74, 6) is 0.326. The zero-order chi connectivity index (χ0) is 26.7. The molecule has 8 nitrogen and oxygen atoms in total. The van der Waals surface area contributed by atoms with E-state index in [1.165, 1.54) is 18.0 Å². The first-order chi connectivity index (χ1) is 17.7. The number of hydrogen-bond donors (Lipinski definition) is 1. The number of ether oxygens (including phenoxy) is 2. The Labute approximate surface area is 239 Å². The van der Waals surface area contributed by atoms with Gasteiger partial charge in [-0.1, -0.05) is 35.2 Å². The summed E-state index contributed by atoms with van der Waals surface area (Å²) in [5, 5.41) is 14.4. The Hall–Kier alpha value is -2.24. The van der Waals surface area contributed by atoms with Crippen molar-refractivity contribution in [3.05, 3.63) is 59.4 Å². The number of aliphatic carboxylic acids is 1. The van der Waals surface area contributed by atoms with Crippen molar-refractivity contribution < 1.29 is 19.4 Å². The second-order valence-corrected chi connectivity index (χ2v) is 11.3. The molecule has 3 aromatic rings. The van der Waals surface area contributed by atoms with Gasteiger partial charge in [0.05, 0.1) is 28.2 Å². The maximum atomic E-state index is 13.6. The molecule has 2 aromatic carbocycles. The van der Waals surface area contributed by atoms with Gasteiger partial charge in [0, 0.05) is 20.4 Å². The first-order valence-corrected chi connectivity index (χ1v) is 14.4. The van der Waals surface area contributed by atoms with E-state index in [1.807, 2.05) is 19.1 Å². The van der Waals surface area contributed by atoms with Gasteiger partial charge in [0.1, 0.15) is 5.82 Å². The second kappa shape index (κ2) is 12.1. The molecule has 11 heteroatoms. The summed E-state index contributed by atoms with van der Waals surface area (Å²) in [6, 6.07) is 7.19.